The molecule has 13 heavy (non-hydrogen) atoms. The average molecular weight is 178 g/mol. The Balaban J connectivity index is 2.37. The first-order chi connectivity index (χ1) is 6.05. The van der Waals surface area contributed by atoms with Gasteiger partial charge in [0.2, 0.25) is 0 Å². The first-order valence-electron chi connectivity index (χ1n) is 4.81. The maximum Gasteiger partial charge on any atom is 0.158 e. The summed E-state index contributed by atoms with van der Waals surface area (Å²) in [5.74, 6) is 0.629. The average Bonchev–Trinajstić information content (AvgIpc) is 2.39. The van der Waals surface area contributed by atoms with E-state index in [4.69, 9.17) is 0 Å². The van der Waals surface area contributed by atoms with Crippen LogP contribution in [0.25, 0.3) is 0 Å². The monoisotopic (exact) mass is 178 g/mol. The molecule has 2 nitrogen and oxygen atoms in total. The van der Waals surface area contributed by atoms with Crippen LogP contribution in [-0.4, -0.2) is 11.6 Å². The van der Waals surface area contributed by atoms with Gasteiger partial charge in [0.1, 0.15) is 5.78 Å². The van der Waals surface area contributed by atoms with Gasteiger partial charge in [0.25, 0.3) is 0 Å². The molecule has 2 aliphatic rings. The second-order valence-corrected chi connectivity index (χ2v) is 4.38. The summed E-state index contributed by atoms with van der Waals surface area (Å²) in [6, 6.07) is 0. The fourth-order valence-electron chi connectivity index (χ4n) is 2.67. The smallest absolute Gasteiger partial charge is 0.158 e. The highest BCUT2D eigenvalue weighted by Gasteiger charge is 2.50. The van der Waals surface area contributed by atoms with Gasteiger partial charge in [-0.05, 0) is 24.3 Å². The molecule has 70 valence electrons. The maximum absolute atomic E-state index is 11.6. The Hall–Kier alpha value is -0.920. The van der Waals surface area contributed by atoms with Crippen LogP contribution in [0, 0.1) is 11.3 Å². The first-order valence-corrected chi connectivity index (χ1v) is 4.81. The largest absolute Gasteiger partial charge is 0.299 e. The topological polar surface area (TPSA) is 34.1 Å². The van der Waals surface area contributed by atoms with Crippen molar-refractivity contribution >= 4 is 11.6 Å². The third-order valence-electron chi connectivity index (χ3n) is 3.72. The van der Waals surface area contributed by atoms with Gasteiger partial charge < -0.3 is 0 Å². The van der Waals surface area contributed by atoms with Crippen molar-refractivity contribution in [3.8, 4) is 0 Å². The summed E-state index contributed by atoms with van der Waals surface area (Å²) in [5.41, 5.74) is 0.435. The second-order valence-electron chi connectivity index (χ2n) is 4.38. The zero-order valence-corrected chi connectivity index (χ0v) is 7.93. The van der Waals surface area contributed by atoms with E-state index in [0.29, 0.717) is 24.2 Å². The molecule has 0 radical (unpaired) electrons. The predicted octanol–water partition coefficient (Wildman–Crippen LogP) is 1.89. The first kappa shape index (κ1) is 8.67. The summed E-state index contributed by atoms with van der Waals surface area (Å²) in [4.78, 5) is 23.0. The van der Waals surface area contributed by atoms with Crippen LogP contribution >= 0.6 is 0 Å². The van der Waals surface area contributed by atoms with E-state index in [1.54, 1.807) is 0 Å². The van der Waals surface area contributed by atoms with Crippen molar-refractivity contribution < 1.29 is 9.59 Å². The molecule has 0 N–H and O–H groups in total. The SMILES string of the molecule is C=C1C(=O)CC[C@@]2(C)C(=O)CCC12. The summed E-state index contributed by atoms with van der Waals surface area (Å²) in [7, 11) is 0. The van der Waals surface area contributed by atoms with Crippen molar-refractivity contribution in [1.82, 2.24) is 0 Å². The minimum Gasteiger partial charge on any atom is -0.299 e. The highest BCUT2D eigenvalue weighted by Crippen LogP contribution is 2.50. The van der Waals surface area contributed by atoms with Crippen molar-refractivity contribution in [3.05, 3.63) is 12.2 Å². The lowest BCUT2D eigenvalue weighted by Crippen LogP contribution is -2.36. The lowest BCUT2D eigenvalue weighted by molar-refractivity contribution is -0.128. The van der Waals surface area contributed by atoms with Crippen LogP contribution < -0.4 is 0 Å². The number of hydrogen-bond donors (Lipinski definition) is 0. The number of carbonyl (C=O) groups excluding carboxylic acids is 2. The lowest BCUT2D eigenvalue weighted by atomic mass is 9.67. The predicted molar refractivity (Wildman–Crippen MR) is 49.2 cm³/mol. The molecule has 2 aliphatic carbocycles. The molecule has 1 unspecified atom stereocenters. The summed E-state index contributed by atoms with van der Waals surface area (Å²) >= 11 is 0. The molecule has 0 aromatic carbocycles. The highest BCUT2D eigenvalue weighted by molar-refractivity contribution is 6.00. The van der Waals surface area contributed by atoms with Gasteiger partial charge in [0.15, 0.2) is 5.78 Å². The van der Waals surface area contributed by atoms with E-state index in [9.17, 15) is 9.59 Å². The van der Waals surface area contributed by atoms with E-state index >= 15 is 0 Å². The van der Waals surface area contributed by atoms with Gasteiger partial charge in [-0.25, -0.2) is 0 Å². The Morgan fingerprint density at radius 2 is 2.08 bits per heavy atom. The van der Waals surface area contributed by atoms with Crippen molar-refractivity contribution in [2.75, 3.05) is 0 Å². The fourth-order valence-corrected chi connectivity index (χ4v) is 2.67. The van der Waals surface area contributed by atoms with E-state index in [0.717, 1.165) is 12.8 Å². The highest BCUT2D eigenvalue weighted by atomic mass is 16.1. The zero-order chi connectivity index (χ0) is 9.64. The molecular formula is C11H14O2. The number of hydrogen-bond acceptors (Lipinski definition) is 2. The molecule has 0 amide bonds. The lowest BCUT2D eigenvalue weighted by Gasteiger charge is -2.35. The molecule has 2 atom stereocenters. The van der Waals surface area contributed by atoms with Gasteiger partial charge in [-0.15, -0.1) is 0 Å². The molecule has 0 spiro atoms. The molecule has 0 aromatic rings. The quantitative estimate of drug-likeness (QED) is 0.531. The molecule has 0 bridgehead atoms. The minimum atomic E-state index is -0.259. The van der Waals surface area contributed by atoms with Gasteiger partial charge in [-0.1, -0.05) is 13.5 Å². The maximum atomic E-state index is 11.6. The van der Waals surface area contributed by atoms with E-state index in [2.05, 4.69) is 6.58 Å². The molecule has 0 aliphatic heterocycles. The van der Waals surface area contributed by atoms with Crippen molar-refractivity contribution in [3.63, 3.8) is 0 Å². The molecular weight excluding hydrogens is 164 g/mol. The van der Waals surface area contributed by atoms with E-state index < -0.39 is 0 Å². The van der Waals surface area contributed by atoms with Gasteiger partial charge in [0, 0.05) is 18.3 Å². The summed E-state index contributed by atoms with van der Waals surface area (Å²) < 4.78 is 0. The molecule has 2 rings (SSSR count). The molecule has 0 aromatic heterocycles. The molecule has 2 fully saturated rings. The Bertz CT molecular complexity index is 303. The van der Waals surface area contributed by atoms with Crippen LogP contribution in [0.3, 0.4) is 0 Å². The summed E-state index contributed by atoms with van der Waals surface area (Å²) in [5, 5.41) is 0. The van der Waals surface area contributed by atoms with Gasteiger partial charge in [-0.2, -0.15) is 0 Å². The van der Waals surface area contributed by atoms with Crippen molar-refractivity contribution in [2.45, 2.75) is 32.6 Å². The third kappa shape index (κ3) is 1.01. The van der Waals surface area contributed by atoms with Gasteiger partial charge in [-0.3, -0.25) is 9.59 Å². The van der Waals surface area contributed by atoms with E-state index in [1.165, 1.54) is 0 Å². The van der Waals surface area contributed by atoms with Crippen molar-refractivity contribution in [1.29, 1.82) is 0 Å². The Morgan fingerprint density at radius 3 is 2.77 bits per heavy atom. The molecule has 0 heterocycles. The normalized spacial score (nSPS) is 39.5. The van der Waals surface area contributed by atoms with Crippen LogP contribution in [0.15, 0.2) is 12.2 Å². The molecule has 0 saturated heterocycles. The number of Topliss-reactive ketones (excluding diaryl/α,β-unsaturated/α-hetero) is 2. The van der Waals surface area contributed by atoms with E-state index in [1.807, 2.05) is 6.92 Å². The zero-order valence-electron chi connectivity index (χ0n) is 7.93. The number of carbonyl (C=O) groups is 2. The number of allylic oxidation sites excluding steroid dienone is 1. The summed E-state index contributed by atoms with van der Waals surface area (Å²) in [6.07, 6.45) is 2.71. The number of ketones is 2. The number of rotatable bonds is 0. The van der Waals surface area contributed by atoms with Crippen LogP contribution in [0.1, 0.15) is 32.6 Å². The van der Waals surface area contributed by atoms with Crippen LogP contribution in [0.5, 0.6) is 0 Å². The third-order valence-corrected chi connectivity index (χ3v) is 3.72. The van der Waals surface area contributed by atoms with Gasteiger partial charge >= 0.3 is 0 Å². The van der Waals surface area contributed by atoms with E-state index in [-0.39, 0.29) is 17.1 Å². The fraction of sp³-hybridized carbons (Fsp3) is 0.636. The standard InChI is InChI=1S/C11H14O2/c1-7-8-3-4-10(13)11(8,2)6-5-9(7)12/h8H,1,3-6H2,2H3/t8?,11-/m1/s1. The van der Waals surface area contributed by atoms with Crippen LogP contribution in [0.2, 0.25) is 0 Å². The molecule has 2 heteroatoms. The Morgan fingerprint density at radius 1 is 1.38 bits per heavy atom. The van der Waals surface area contributed by atoms with Crippen LogP contribution in [-0.2, 0) is 9.59 Å². The van der Waals surface area contributed by atoms with Gasteiger partial charge in [0.05, 0.1) is 0 Å². The second kappa shape index (κ2) is 2.53. The minimum absolute atomic E-state index is 0.140. The van der Waals surface area contributed by atoms with Crippen LogP contribution in [0.4, 0.5) is 0 Å². The Kier molecular flexibility index (Phi) is 1.69. The molecule has 2 saturated carbocycles. The Labute approximate surface area is 78.0 Å². The van der Waals surface area contributed by atoms with Crippen molar-refractivity contribution in [2.24, 2.45) is 11.3 Å². The number of fused-ring (bicyclic) bond motifs is 1. The summed E-state index contributed by atoms with van der Waals surface area (Å²) in [6.45, 7) is 5.81.